The molecule has 18 heavy (non-hydrogen) atoms. The summed E-state index contributed by atoms with van der Waals surface area (Å²) in [7, 11) is 1.67. The monoisotopic (exact) mass is 247 g/mol. The number of rotatable bonds is 5. The lowest BCUT2D eigenvalue weighted by Gasteiger charge is -2.06. The number of methoxy groups -OCH3 is 1. The van der Waals surface area contributed by atoms with Crippen molar-refractivity contribution >= 4 is 11.0 Å². The average molecular weight is 247 g/mol. The van der Waals surface area contributed by atoms with E-state index in [1.807, 2.05) is 12.1 Å². The second kappa shape index (κ2) is 5.44. The highest BCUT2D eigenvalue weighted by atomic mass is 16.5. The summed E-state index contributed by atoms with van der Waals surface area (Å²) in [5.41, 5.74) is 2.20. The fourth-order valence-electron chi connectivity index (χ4n) is 2.14. The van der Waals surface area contributed by atoms with Gasteiger partial charge in [-0.25, -0.2) is 0 Å². The summed E-state index contributed by atoms with van der Waals surface area (Å²) in [6.07, 6.45) is 0.981. The molecule has 0 spiro atoms. The van der Waals surface area contributed by atoms with Gasteiger partial charge in [-0.1, -0.05) is 20.8 Å². The quantitative estimate of drug-likeness (QED) is 0.878. The molecule has 0 aliphatic rings. The van der Waals surface area contributed by atoms with Crippen molar-refractivity contribution in [3.05, 3.63) is 29.5 Å². The number of furan rings is 1. The Kier molecular flexibility index (Phi) is 3.92. The smallest absolute Gasteiger partial charge is 0.138 e. The molecule has 0 aliphatic heterocycles. The van der Waals surface area contributed by atoms with Gasteiger partial charge in [0, 0.05) is 23.1 Å². The average Bonchev–Trinajstić information content (AvgIpc) is 2.72. The number of hydrogen-bond acceptors (Lipinski definition) is 3. The van der Waals surface area contributed by atoms with E-state index in [-0.39, 0.29) is 0 Å². The van der Waals surface area contributed by atoms with E-state index in [1.165, 1.54) is 10.9 Å². The predicted molar refractivity (Wildman–Crippen MR) is 74.1 cm³/mol. The topological polar surface area (TPSA) is 34.4 Å². The first-order valence-corrected chi connectivity index (χ1v) is 6.47. The second-order valence-corrected chi connectivity index (χ2v) is 4.76. The van der Waals surface area contributed by atoms with Crippen LogP contribution in [-0.2, 0) is 13.0 Å². The van der Waals surface area contributed by atoms with Crippen molar-refractivity contribution < 1.29 is 9.15 Å². The minimum atomic E-state index is 0.456. The molecule has 0 bridgehead atoms. The van der Waals surface area contributed by atoms with E-state index in [4.69, 9.17) is 9.15 Å². The summed E-state index contributed by atoms with van der Waals surface area (Å²) < 4.78 is 11.2. The van der Waals surface area contributed by atoms with Crippen molar-refractivity contribution in [1.82, 2.24) is 5.32 Å². The third-order valence-corrected chi connectivity index (χ3v) is 3.11. The Hall–Kier alpha value is -1.48. The van der Waals surface area contributed by atoms with Gasteiger partial charge in [0.15, 0.2) is 0 Å². The SMILES string of the molecule is CCc1c(CNC(C)C)oc2cc(OC)ccc12. The standard InChI is InChI=1S/C15H21NO2/c1-5-12-13-7-6-11(17-4)8-14(13)18-15(12)9-16-10(2)3/h6-8,10,16H,5,9H2,1-4H3. The van der Waals surface area contributed by atoms with E-state index in [1.54, 1.807) is 7.11 Å². The van der Waals surface area contributed by atoms with Gasteiger partial charge in [-0.05, 0) is 18.6 Å². The molecule has 0 atom stereocenters. The van der Waals surface area contributed by atoms with E-state index >= 15 is 0 Å². The second-order valence-electron chi connectivity index (χ2n) is 4.76. The van der Waals surface area contributed by atoms with Crippen molar-refractivity contribution in [2.24, 2.45) is 0 Å². The van der Waals surface area contributed by atoms with Crippen LogP contribution < -0.4 is 10.1 Å². The van der Waals surface area contributed by atoms with Gasteiger partial charge in [0.05, 0.1) is 13.7 Å². The van der Waals surface area contributed by atoms with Gasteiger partial charge in [0.2, 0.25) is 0 Å². The first-order chi connectivity index (χ1) is 8.65. The Balaban J connectivity index is 2.40. The molecular formula is C15H21NO2. The lowest BCUT2D eigenvalue weighted by molar-refractivity contribution is 0.414. The van der Waals surface area contributed by atoms with Crippen LogP contribution in [0.1, 0.15) is 32.1 Å². The van der Waals surface area contributed by atoms with E-state index in [9.17, 15) is 0 Å². The molecule has 0 fully saturated rings. The van der Waals surface area contributed by atoms with Gasteiger partial charge in [0.1, 0.15) is 17.1 Å². The van der Waals surface area contributed by atoms with Crippen LogP contribution in [0.25, 0.3) is 11.0 Å². The van der Waals surface area contributed by atoms with Crippen LogP contribution >= 0.6 is 0 Å². The van der Waals surface area contributed by atoms with Gasteiger partial charge < -0.3 is 14.5 Å². The molecule has 0 amide bonds. The third-order valence-electron chi connectivity index (χ3n) is 3.11. The van der Waals surface area contributed by atoms with Gasteiger partial charge in [-0.2, -0.15) is 0 Å². The highest BCUT2D eigenvalue weighted by molar-refractivity contribution is 5.83. The zero-order chi connectivity index (χ0) is 13.1. The molecule has 0 saturated heterocycles. The highest BCUT2D eigenvalue weighted by Gasteiger charge is 2.13. The molecule has 3 heteroatoms. The number of benzene rings is 1. The number of hydrogen-bond donors (Lipinski definition) is 1. The molecule has 3 nitrogen and oxygen atoms in total. The summed E-state index contributed by atoms with van der Waals surface area (Å²) in [6.45, 7) is 7.21. The maximum atomic E-state index is 5.94. The van der Waals surface area contributed by atoms with Gasteiger partial charge >= 0.3 is 0 Å². The Morgan fingerprint density at radius 2 is 2.11 bits per heavy atom. The zero-order valence-electron chi connectivity index (χ0n) is 11.5. The zero-order valence-corrected chi connectivity index (χ0v) is 11.5. The van der Waals surface area contributed by atoms with Crippen molar-refractivity contribution in [2.75, 3.05) is 7.11 Å². The molecule has 0 aliphatic carbocycles. The fraction of sp³-hybridized carbons (Fsp3) is 0.467. The number of nitrogens with one attached hydrogen (secondary N) is 1. The molecule has 0 unspecified atom stereocenters. The molecule has 0 saturated carbocycles. The van der Waals surface area contributed by atoms with Crippen LogP contribution in [0.4, 0.5) is 0 Å². The van der Waals surface area contributed by atoms with Crippen LogP contribution in [0.5, 0.6) is 5.75 Å². The maximum absolute atomic E-state index is 5.94. The molecule has 1 heterocycles. The number of aryl methyl sites for hydroxylation is 1. The Labute approximate surface area is 108 Å². The lowest BCUT2D eigenvalue weighted by Crippen LogP contribution is -2.22. The van der Waals surface area contributed by atoms with Crippen LogP contribution in [-0.4, -0.2) is 13.2 Å². The molecule has 1 aromatic carbocycles. The molecule has 1 N–H and O–H groups in total. The number of fused-ring (bicyclic) bond motifs is 1. The van der Waals surface area contributed by atoms with E-state index in [0.717, 1.165) is 30.1 Å². The van der Waals surface area contributed by atoms with Crippen molar-refractivity contribution in [2.45, 2.75) is 39.8 Å². The molecule has 98 valence electrons. The maximum Gasteiger partial charge on any atom is 0.138 e. The molecule has 1 aromatic heterocycles. The minimum Gasteiger partial charge on any atom is -0.497 e. The van der Waals surface area contributed by atoms with Crippen molar-refractivity contribution in [1.29, 1.82) is 0 Å². The fourth-order valence-corrected chi connectivity index (χ4v) is 2.14. The van der Waals surface area contributed by atoms with Crippen LogP contribution in [0, 0.1) is 0 Å². The highest BCUT2D eigenvalue weighted by Crippen LogP contribution is 2.29. The van der Waals surface area contributed by atoms with E-state index in [2.05, 4.69) is 32.2 Å². The van der Waals surface area contributed by atoms with Crippen molar-refractivity contribution in [3.63, 3.8) is 0 Å². The predicted octanol–water partition coefficient (Wildman–Crippen LogP) is 3.50. The Bertz CT molecular complexity index is 529. The van der Waals surface area contributed by atoms with E-state index < -0.39 is 0 Å². The van der Waals surface area contributed by atoms with E-state index in [0.29, 0.717) is 6.04 Å². The normalized spacial score (nSPS) is 11.4. The van der Waals surface area contributed by atoms with Crippen LogP contribution in [0.2, 0.25) is 0 Å². The summed E-state index contributed by atoms with van der Waals surface area (Å²) in [5, 5.41) is 4.59. The van der Waals surface area contributed by atoms with Crippen molar-refractivity contribution in [3.8, 4) is 5.75 Å². The largest absolute Gasteiger partial charge is 0.497 e. The summed E-state index contributed by atoms with van der Waals surface area (Å²) in [4.78, 5) is 0. The first-order valence-electron chi connectivity index (χ1n) is 6.47. The molecule has 2 aromatic rings. The summed E-state index contributed by atoms with van der Waals surface area (Å²) >= 11 is 0. The van der Waals surface area contributed by atoms with Gasteiger partial charge in [-0.3, -0.25) is 0 Å². The first kappa shape index (κ1) is 13.0. The van der Waals surface area contributed by atoms with Crippen LogP contribution in [0.3, 0.4) is 0 Å². The third kappa shape index (κ3) is 2.51. The lowest BCUT2D eigenvalue weighted by atomic mass is 10.1. The number of ether oxygens (including phenoxy) is 1. The molecular weight excluding hydrogens is 226 g/mol. The minimum absolute atomic E-state index is 0.456. The summed E-state index contributed by atoms with van der Waals surface area (Å²) in [5.74, 6) is 1.87. The van der Waals surface area contributed by atoms with Gasteiger partial charge in [0.25, 0.3) is 0 Å². The van der Waals surface area contributed by atoms with Crippen LogP contribution in [0.15, 0.2) is 22.6 Å². The van der Waals surface area contributed by atoms with Gasteiger partial charge in [-0.15, -0.1) is 0 Å². The summed E-state index contributed by atoms with van der Waals surface area (Å²) in [6, 6.07) is 6.47. The molecule has 0 radical (unpaired) electrons. The Morgan fingerprint density at radius 3 is 2.72 bits per heavy atom. The Morgan fingerprint density at radius 1 is 1.33 bits per heavy atom. The molecule has 2 rings (SSSR count).